The monoisotopic (exact) mass is 341 g/mol. The van der Waals surface area contributed by atoms with Crippen LogP contribution in [0.4, 0.5) is 0 Å². The molecule has 1 aromatic rings. The summed E-state index contributed by atoms with van der Waals surface area (Å²) in [6.07, 6.45) is 3.10. The van der Waals surface area contributed by atoms with Crippen LogP contribution in [0.5, 0.6) is 5.75 Å². The average molecular weight is 341 g/mol. The number of benzene rings is 1. The van der Waals surface area contributed by atoms with E-state index in [2.05, 4.69) is 4.90 Å². The summed E-state index contributed by atoms with van der Waals surface area (Å²) in [5, 5.41) is 28.2. The van der Waals surface area contributed by atoms with Gasteiger partial charge in [0.1, 0.15) is 11.8 Å². The number of phenols is 1. The molecule has 1 saturated carbocycles. The minimum atomic E-state index is -0.296. The van der Waals surface area contributed by atoms with Gasteiger partial charge in [0.15, 0.2) is 0 Å². The Morgan fingerprint density at radius 3 is 2.52 bits per heavy atom. The fourth-order valence-electron chi connectivity index (χ4n) is 4.46. The summed E-state index contributed by atoms with van der Waals surface area (Å²) in [4.78, 5) is 17.0. The molecule has 3 aliphatic rings. The number of piperazine rings is 1. The van der Waals surface area contributed by atoms with Crippen LogP contribution in [-0.2, 0) is 11.3 Å². The second-order valence-corrected chi connectivity index (χ2v) is 7.59. The Kier molecular flexibility index (Phi) is 4.14. The Labute approximate surface area is 147 Å². The highest BCUT2D eigenvalue weighted by atomic mass is 16.3. The summed E-state index contributed by atoms with van der Waals surface area (Å²) >= 11 is 0. The third kappa shape index (κ3) is 2.99. The highest BCUT2D eigenvalue weighted by molar-refractivity contribution is 5.80. The lowest BCUT2D eigenvalue weighted by atomic mass is 9.81. The highest BCUT2D eigenvalue weighted by Gasteiger charge is 2.44. The first-order valence-corrected chi connectivity index (χ1v) is 8.99. The minimum absolute atomic E-state index is 0.0104. The number of carbonyl (C=O) groups is 1. The Balaban J connectivity index is 1.42. The van der Waals surface area contributed by atoms with Crippen LogP contribution in [-0.4, -0.2) is 57.2 Å². The summed E-state index contributed by atoms with van der Waals surface area (Å²) in [5.74, 6) is 0.238. The number of nitriles is 1. The molecule has 6 heteroatoms. The van der Waals surface area contributed by atoms with Gasteiger partial charge in [0.25, 0.3) is 0 Å². The van der Waals surface area contributed by atoms with E-state index in [1.807, 2.05) is 17.0 Å². The molecule has 1 aromatic carbocycles. The van der Waals surface area contributed by atoms with Crippen LogP contribution in [0.2, 0.25) is 0 Å². The van der Waals surface area contributed by atoms with E-state index in [1.165, 1.54) is 0 Å². The molecule has 4 rings (SSSR count). The highest BCUT2D eigenvalue weighted by Crippen LogP contribution is 2.35. The van der Waals surface area contributed by atoms with Gasteiger partial charge in [-0.15, -0.1) is 0 Å². The zero-order valence-corrected chi connectivity index (χ0v) is 14.1. The Morgan fingerprint density at radius 1 is 1.24 bits per heavy atom. The number of amides is 1. The van der Waals surface area contributed by atoms with Gasteiger partial charge in [-0.1, -0.05) is 6.07 Å². The van der Waals surface area contributed by atoms with Gasteiger partial charge in [0.05, 0.1) is 11.7 Å². The molecule has 2 aliphatic heterocycles. The smallest absolute Gasteiger partial charge is 0.225 e. The molecule has 132 valence electrons. The van der Waals surface area contributed by atoms with E-state index >= 15 is 0 Å². The van der Waals surface area contributed by atoms with Crippen molar-refractivity contribution in [2.75, 3.05) is 13.1 Å². The second-order valence-electron chi connectivity index (χ2n) is 7.59. The van der Waals surface area contributed by atoms with E-state index in [0.717, 1.165) is 38.0 Å². The van der Waals surface area contributed by atoms with E-state index in [1.54, 1.807) is 12.1 Å². The minimum Gasteiger partial charge on any atom is -0.507 e. The summed E-state index contributed by atoms with van der Waals surface area (Å²) in [7, 11) is 0. The van der Waals surface area contributed by atoms with Gasteiger partial charge < -0.3 is 15.1 Å². The summed E-state index contributed by atoms with van der Waals surface area (Å²) < 4.78 is 0. The third-order valence-corrected chi connectivity index (χ3v) is 5.95. The van der Waals surface area contributed by atoms with Crippen molar-refractivity contribution >= 4 is 5.91 Å². The molecule has 2 atom stereocenters. The van der Waals surface area contributed by atoms with Crippen molar-refractivity contribution in [3.63, 3.8) is 0 Å². The molecule has 1 amide bonds. The molecule has 2 saturated heterocycles. The number of aliphatic hydroxyl groups is 1. The molecule has 2 N–H and O–H groups in total. The number of nitrogens with zero attached hydrogens (tertiary/aromatic N) is 3. The molecule has 0 spiro atoms. The van der Waals surface area contributed by atoms with Crippen LogP contribution in [0.25, 0.3) is 0 Å². The van der Waals surface area contributed by atoms with Crippen molar-refractivity contribution in [2.45, 2.75) is 50.4 Å². The maximum absolute atomic E-state index is 12.6. The molecule has 3 fully saturated rings. The van der Waals surface area contributed by atoms with Crippen molar-refractivity contribution in [2.24, 2.45) is 5.92 Å². The van der Waals surface area contributed by atoms with Crippen molar-refractivity contribution in [3.05, 3.63) is 29.3 Å². The van der Waals surface area contributed by atoms with Gasteiger partial charge >= 0.3 is 0 Å². The van der Waals surface area contributed by atoms with Crippen LogP contribution in [0.1, 0.15) is 36.8 Å². The number of fused-ring (bicyclic) bond motifs is 2. The Hall–Kier alpha value is -2.10. The summed E-state index contributed by atoms with van der Waals surface area (Å²) in [6, 6.07) is 7.92. The predicted molar refractivity (Wildman–Crippen MR) is 90.5 cm³/mol. The first-order valence-electron chi connectivity index (χ1n) is 8.99. The number of carbonyl (C=O) groups excluding carboxylic acids is 1. The number of rotatable bonds is 3. The van der Waals surface area contributed by atoms with Gasteiger partial charge in [-0.2, -0.15) is 5.26 Å². The van der Waals surface area contributed by atoms with Gasteiger partial charge in [-0.3, -0.25) is 9.69 Å². The van der Waals surface area contributed by atoms with Crippen LogP contribution >= 0.6 is 0 Å². The van der Waals surface area contributed by atoms with Crippen molar-refractivity contribution in [1.82, 2.24) is 9.80 Å². The normalized spacial score (nSPS) is 31.4. The van der Waals surface area contributed by atoms with E-state index in [-0.39, 0.29) is 23.7 Å². The molecular weight excluding hydrogens is 318 g/mol. The van der Waals surface area contributed by atoms with Crippen LogP contribution in [0.15, 0.2) is 18.2 Å². The fraction of sp³-hybridized carbons (Fsp3) is 0.579. The standard InChI is InChI=1S/C19H23N3O3/c20-8-14-5-12(1-4-18(14)24)9-22-15-2-3-16(22)11-21(10-15)19(25)13-6-17(23)7-13/h1,4-5,13,15-17,23-24H,2-3,6-7,9-11H2. The zero-order valence-electron chi connectivity index (χ0n) is 14.1. The largest absolute Gasteiger partial charge is 0.507 e. The number of phenolic OH excluding ortho intramolecular Hbond substituents is 1. The van der Waals surface area contributed by atoms with Crippen molar-refractivity contribution < 1.29 is 15.0 Å². The topological polar surface area (TPSA) is 87.8 Å². The SMILES string of the molecule is N#Cc1cc(CN2C3CCC2CN(C(=O)C2CC(O)C2)C3)ccc1O. The van der Waals surface area contributed by atoms with E-state index in [0.29, 0.717) is 30.5 Å². The Bertz CT molecular complexity index is 709. The van der Waals surface area contributed by atoms with Crippen LogP contribution in [0, 0.1) is 17.2 Å². The molecule has 6 nitrogen and oxygen atoms in total. The molecule has 2 bridgehead atoms. The van der Waals surface area contributed by atoms with E-state index in [9.17, 15) is 15.0 Å². The Morgan fingerprint density at radius 2 is 1.92 bits per heavy atom. The second kappa shape index (κ2) is 6.32. The summed E-state index contributed by atoms with van der Waals surface area (Å²) in [5.41, 5.74) is 1.33. The molecule has 25 heavy (non-hydrogen) atoms. The number of aromatic hydroxyl groups is 1. The lowest BCUT2D eigenvalue weighted by molar-refractivity contribution is -0.145. The predicted octanol–water partition coefficient (Wildman–Crippen LogP) is 1.21. The average Bonchev–Trinajstić information content (AvgIpc) is 2.81. The quantitative estimate of drug-likeness (QED) is 0.863. The van der Waals surface area contributed by atoms with Gasteiger partial charge in [-0.05, 0) is 43.4 Å². The zero-order chi connectivity index (χ0) is 17.6. The van der Waals surface area contributed by atoms with E-state index < -0.39 is 0 Å². The molecule has 1 aliphatic carbocycles. The summed E-state index contributed by atoms with van der Waals surface area (Å²) in [6.45, 7) is 2.25. The molecule has 0 aromatic heterocycles. The number of hydrogen-bond acceptors (Lipinski definition) is 5. The first-order chi connectivity index (χ1) is 12.0. The van der Waals surface area contributed by atoms with Crippen molar-refractivity contribution in [1.29, 1.82) is 5.26 Å². The maximum atomic E-state index is 12.6. The molecule has 2 heterocycles. The van der Waals surface area contributed by atoms with Gasteiger partial charge in [0.2, 0.25) is 5.91 Å². The number of likely N-dealkylation sites (tertiary alicyclic amines) is 1. The fourth-order valence-corrected chi connectivity index (χ4v) is 4.46. The van der Waals surface area contributed by atoms with Crippen molar-refractivity contribution in [3.8, 4) is 11.8 Å². The third-order valence-electron chi connectivity index (χ3n) is 5.95. The molecular formula is C19H23N3O3. The molecule has 0 radical (unpaired) electrons. The van der Waals surface area contributed by atoms with Crippen LogP contribution < -0.4 is 0 Å². The number of hydrogen-bond donors (Lipinski definition) is 2. The van der Waals surface area contributed by atoms with Gasteiger partial charge in [0, 0.05) is 37.6 Å². The lowest BCUT2D eigenvalue weighted by Crippen LogP contribution is -2.57. The first kappa shape index (κ1) is 16.4. The van der Waals surface area contributed by atoms with E-state index in [4.69, 9.17) is 5.26 Å². The number of aliphatic hydroxyl groups excluding tert-OH is 1. The van der Waals surface area contributed by atoms with Crippen LogP contribution in [0.3, 0.4) is 0 Å². The maximum Gasteiger partial charge on any atom is 0.225 e. The molecule has 2 unspecified atom stereocenters. The van der Waals surface area contributed by atoms with Gasteiger partial charge in [-0.25, -0.2) is 0 Å². The lowest BCUT2D eigenvalue weighted by Gasteiger charge is -2.43.